The number of fused-ring (bicyclic) bond motifs is 4. The van der Waals surface area contributed by atoms with E-state index in [2.05, 4.69) is 26.8 Å². The van der Waals surface area contributed by atoms with Gasteiger partial charge < -0.3 is 10.2 Å². The Labute approximate surface area is 139 Å². The molecule has 0 spiro atoms. The van der Waals surface area contributed by atoms with Gasteiger partial charge in [-0.25, -0.2) is 0 Å². The SMILES string of the molecule is CC1(C)C[C@H]2[C@H]1CC[C@]1(C)CCC[C@@]2(c2ccc(O)c(O)c2)C1. The Bertz CT molecular complexity index is 635. The molecule has 1 aromatic rings. The minimum atomic E-state index is 0.00262. The first-order valence-corrected chi connectivity index (χ1v) is 9.28. The van der Waals surface area contributed by atoms with E-state index in [1.165, 1.54) is 50.5 Å². The van der Waals surface area contributed by atoms with Gasteiger partial charge in [0.25, 0.3) is 0 Å². The maximum atomic E-state index is 10.1. The molecule has 0 radical (unpaired) electrons. The summed E-state index contributed by atoms with van der Waals surface area (Å²) in [7, 11) is 0. The van der Waals surface area contributed by atoms with Gasteiger partial charge in [0.15, 0.2) is 11.5 Å². The lowest BCUT2D eigenvalue weighted by molar-refractivity contribution is -0.0680. The summed E-state index contributed by atoms with van der Waals surface area (Å²) in [5.74, 6) is 1.59. The molecule has 23 heavy (non-hydrogen) atoms. The van der Waals surface area contributed by atoms with Crippen LogP contribution >= 0.6 is 0 Å². The number of hydrogen-bond acceptors (Lipinski definition) is 2. The summed E-state index contributed by atoms with van der Waals surface area (Å²) in [5, 5.41) is 19.8. The van der Waals surface area contributed by atoms with Crippen LogP contribution in [0.5, 0.6) is 11.5 Å². The fourth-order valence-electron chi connectivity index (χ4n) is 6.51. The van der Waals surface area contributed by atoms with E-state index in [0.29, 0.717) is 10.8 Å². The molecule has 0 heterocycles. The van der Waals surface area contributed by atoms with Gasteiger partial charge in [-0.2, -0.15) is 0 Å². The molecule has 1 aromatic carbocycles. The first kappa shape index (κ1) is 15.4. The number of phenols is 2. The average Bonchev–Trinajstić information content (AvgIpc) is 2.54. The van der Waals surface area contributed by atoms with E-state index in [9.17, 15) is 10.2 Å². The maximum absolute atomic E-state index is 10.1. The van der Waals surface area contributed by atoms with Gasteiger partial charge in [-0.3, -0.25) is 0 Å². The number of benzene rings is 1. The molecule has 2 nitrogen and oxygen atoms in total. The summed E-state index contributed by atoms with van der Waals surface area (Å²) in [4.78, 5) is 0. The molecular weight excluding hydrogens is 284 g/mol. The first-order valence-electron chi connectivity index (χ1n) is 9.28. The molecule has 0 unspecified atom stereocenters. The van der Waals surface area contributed by atoms with Gasteiger partial charge in [0.2, 0.25) is 0 Å². The third-order valence-corrected chi connectivity index (χ3v) is 7.70. The van der Waals surface area contributed by atoms with Crippen molar-refractivity contribution in [2.45, 2.75) is 71.1 Å². The Morgan fingerprint density at radius 1 is 0.957 bits per heavy atom. The number of hydrogen-bond donors (Lipinski definition) is 2. The summed E-state index contributed by atoms with van der Waals surface area (Å²) in [6, 6.07) is 5.62. The van der Waals surface area contributed by atoms with Crippen molar-refractivity contribution in [2.75, 3.05) is 0 Å². The van der Waals surface area contributed by atoms with Crippen molar-refractivity contribution in [3.8, 4) is 11.5 Å². The van der Waals surface area contributed by atoms with Crippen LogP contribution < -0.4 is 0 Å². The molecule has 2 heteroatoms. The molecule has 3 fully saturated rings. The first-order chi connectivity index (χ1) is 10.8. The van der Waals surface area contributed by atoms with Crippen LogP contribution in [-0.4, -0.2) is 10.2 Å². The van der Waals surface area contributed by atoms with Crippen molar-refractivity contribution in [1.29, 1.82) is 0 Å². The molecule has 3 saturated carbocycles. The van der Waals surface area contributed by atoms with E-state index in [1.807, 2.05) is 6.07 Å². The zero-order chi connectivity index (χ0) is 16.5. The summed E-state index contributed by atoms with van der Waals surface area (Å²) in [6.45, 7) is 7.36. The van der Waals surface area contributed by atoms with Crippen LogP contribution in [0.3, 0.4) is 0 Å². The molecular formula is C21H30O2. The molecule has 2 N–H and O–H groups in total. The highest BCUT2D eigenvalue weighted by atomic mass is 16.3. The monoisotopic (exact) mass is 314 g/mol. The van der Waals surface area contributed by atoms with Gasteiger partial charge in [-0.1, -0.05) is 33.3 Å². The standard InChI is InChI=1S/C21H30O2/c1-19(2)12-16-15(19)7-10-20(3)8-4-9-21(16,13-20)14-5-6-17(22)18(23)11-14/h5-6,11,15-16,22-23H,4,7-10,12-13H2,1-3H3/t15-,16+,20+,21+/m1/s1. The predicted octanol–water partition coefficient (Wildman–Crippen LogP) is 5.37. The van der Waals surface area contributed by atoms with Gasteiger partial charge in [0.05, 0.1) is 0 Å². The molecule has 0 saturated heterocycles. The molecule has 3 aliphatic carbocycles. The second kappa shape index (κ2) is 4.68. The van der Waals surface area contributed by atoms with E-state index >= 15 is 0 Å². The van der Waals surface area contributed by atoms with E-state index in [4.69, 9.17) is 0 Å². The second-order valence-electron chi connectivity index (χ2n) is 9.64. The Morgan fingerprint density at radius 2 is 1.74 bits per heavy atom. The normalized spacial score (nSPS) is 41.5. The molecule has 3 aliphatic rings. The average molecular weight is 314 g/mol. The lowest BCUT2D eigenvalue weighted by Crippen LogP contribution is -2.54. The number of phenolic OH excluding ortho intramolecular Hbond substituents is 2. The van der Waals surface area contributed by atoms with Gasteiger partial charge in [-0.05, 0) is 84.3 Å². The smallest absolute Gasteiger partial charge is 0.157 e. The number of aromatic hydroxyl groups is 2. The van der Waals surface area contributed by atoms with E-state index < -0.39 is 0 Å². The highest BCUT2D eigenvalue weighted by Gasteiger charge is 2.60. The molecule has 0 aliphatic heterocycles. The van der Waals surface area contributed by atoms with Crippen LogP contribution in [0.2, 0.25) is 0 Å². The van der Waals surface area contributed by atoms with Crippen molar-refractivity contribution >= 4 is 0 Å². The van der Waals surface area contributed by atoms with Crippen molar-refractivity contribution in [2.24, 2.45) is 22.7 Å². The Hall–Kier alpha value is -1.18. The fraction of sp³-hybridized carbons (Fsp3) is 0.714. The highest BCUT2D eigenvalue weighted by Crippen LogP contribution is 2.68. The molecule has 2 bridgehead atoms. The maximum Gasteiger partial charge on any atom is 0.157 e. The minimum Gasteiger partial charge on any atom is -0.504 e. The van der Waals surface area contributed by atoms with Crippen molar-refractivity contribution in [3.63, 3.8) is 0 Å². The van der Waals surface area contributed by atoms with Crippen LogP contribution in [0, 0.1) is 22.7 Å². The van der Waals surface area contributed by atoms with Gasteiger partial charge in [0.1, 0.15) is 0 Å². The Balaban J connectivity index is 1.83. The van der Waals surface area contributed by atoms with Crippen molar-refractivity contribution in [3.05, 3.63) is 23.8 Å². The Morgan fingerprint density at radius 3 is 2.43 bits per heavy atom. The van der Waals surface area contributed by atoms with Crippen LogP contribution in [0.25, 0.3) is 0 Å². The minimum absolute atomic E-state index is 0.00262. The zero-order valence-corrected chi connectivity index (χ0v) is 14.7. The lowest BCUT2D eigenvalue weighted by Gasteiger charge is -2.60. The lowest BCUT2D eigenvalue weighted by atomic mass is 9.44. The Kier molecular flexibility index (Phi) is 3.12. The van der Waals surface area contributed by atoms with E-state index in [-0.39, 0.29) is 16.9 Å². The molecule has 0 amide bonds. The van der Waals surface area contributed by atoms with E-state index in [0.717, 1.165) is 11.8 Å². The van der Waals surface area contributed by atoms with Gasteiger partial charge in [0, 0.05) is 0 Å². The van der Waals surface area contributed by atoms with Crippen molar-refractivity contribution in [1.82, 2.24) is 0 Å². The summed E-state index contributed by atoms with van der Waals surface area (Å²) in [5.41, 5.74) is 2.38. The summed E-state index contributed by atoms with van der Waals surface area (Å²) >= 11 is 0. The van der Waals surface area contributed by atoms with E-state index in [1.54, 1.807) is 6.07 Å². The number of rotatable bonds is 1. The quantitative estimate of drug-likeness (QED) is 0.684. The van der Waals surface area contributed by atoms with Gasteiger partial charge >= 0.3 is 0 Å². The largest absolute Gasteiger partial charge is 0.504 e. The third kappa shape index (κ3) is 2.13. The van der Waals surface area contributed by atoms with Crippen LogP contribution in [0.4, 0.5) is 0 Å². The fourth-order valence-corrected chi connectivity index (χ4v) is 6.51. The predicted molar refractivity (Wildman–Crippen MR) is 92.6 cm³/mol. The molecule has 126 valence electrons. The van der Waals surface area contributed by atoms with Crippen LogP contribution in [-0.2, 0) is 5.41 Å². The molecule has 4 rings (SSSR count). The van der Waals surface area contributed by atoms with Crippen LogP contribution in [0.1, 0.15) is 71.3 Å². The molecule has 0 aromatic heterocycles. The zero-order valence-electron chi connectivity index (χ0n) is 14.7. The van der Waals surface area contributed by atoms with Gasteiger partial charge in [-0.15, -0.1) is 0 Å². The summed E-state index contributed by atoms with van der Waals surface area (Å²) < 4.78 is 0. The van der Waals surface area contributed by atoms with Crippen LogP contribution in [0.15, 0.2) is 18.2 Å². The molecule has 4 atom stereocenters. The highest BCUT2D eigenvalue weighted by molar-refractivity contribution is 5.44. The topological polar surface area (TPSA) is 40.5 Å². The van der Waals surface area contributed by atoms with Crippen molar-refractivity contribution < 1.29 is 10.2 Å². The third-order valence-electron chi connectivity index (χ3n) is 7.70. The summed E-state index contributed by atoms with van der Waals surface area (Å²) in [6.07, 6.45) is 9.14. The second-order valence-corrected chi connectivity index (χ2v) is 9.64.